The van der Waals surface area contributed by atoms with E-state index in [2.05, 4.69) is 15.3 Å². The Labute approximate surface area is 113 Å². The largest absolute Gasteiger partial charge is 0.432 e. The van der Waals surface area contributed by atoms with Crippen molar-refractivity contribution < 1.29 is 14.1 Å². The first-order valence-electron chi connectivity index (χ1n) is 5.78. The maximum absolute atomic E-state index is 13.0. The molecular weight excluding hydrogens is 267 g/mol. The second-order valence-corrected chi connectivity index (χ2v) is 3.74. The van der Waals surface area contributed by atoms with Crippen molar-refractivity contribution in [3.8, 4) is 11.6 Å². The third-order valence-electron chi connectivity index (χ3n) is 2.33. The number of nitro groups is 1. The molecule has 20 heavy (non-hydrogen) atoms. The number of rotatable bonds is 5. The van der Waals surface area contributed by atoms with Crippen LogP contribution in [0.1, 0.15) is 6.92 Å². The van der Waals surface area contributed by atoms with Gasteiger partial charge in [-0.3, -0.25) is 10.1 Å². The fourth-order valence-electron chi connectivity index (χ4n) is 1.51. The summed E-state index contributed by atoms with van der Waals surface area (Å²) in [5, 5.41) is 13.8. The molecule has 8 heteroatoms. The minimum atomic E-state index is -0.717. The number of halogens is 1. The standard InChI is InChI=1S/C12H11FN4O3/c1-2-14-11-6-12(16-7-15-11)20-10-4-3-8(13)5-9(10)17(18)19/h3-7H,2H2,1H3,(H,14,15,16). The molecule has 104 valence electrons. The Kier molecular flexibility index (Phi) is 4.04. The number of aromatic nitrogens is 2. The van der Waals surface area contributed by atoms with Crippen molar-refractivity contribution in [3.63, 3.8) is 0 Å². The Morgan fingerprint density at radius 2 is 2.20 bits per heavy atom. The van der Waals surface area contributed by atoms with Crippen LogP contribution >= 0.6 is 0 Å². The molecule has 2 rings (SSSR count). The summed E-state index contributed by atoms with van der Waals surface area (Å²) in [6, 6.07) is 4.55. The Bertz CT molecular complexity index is 636. The quantitative estimate of drug-likeness (QED) is 0.668. The van der Waals surface area contributed by atoms with Crippen molar-refractivity contribution in [1.29, 1.82) is 0 Å². The molecule has 0 atom stereocenters. The molecule has 1 aromatic carbocycles. The molecule has 0 bridgehead atoms. The lowest BCUT2D eigenvalue weighted by Crippen LogP contribution is -2.01. The van der Waals surface area contributed by atoms with Gasteiger partial charge in [0.1, 0.15) is 18.0 Å². The van der Waals surface area contributed by atoms with Gasteiger partial charge in [-0.1, -0.05) is 0 Å². The summed E-state index contributed by atoms with van der Waals surface area (Å²) in [6.07, 6.45) is 1.27. The molecule has 0 spiro atoms. The summed E-state index contributed by atoms with van der Waals surface area (Å²) in [5.74, 6) is -0.134. The second-order valence-electron chi connectivity index (χ2n) is 3.74. The number of benzene rings is 1. The number of nitrogens with zero attached hydrogens (tertiary/aromatic N) is 3. The Morgan fingerprint density at radius 3 is 2.90 bits per heavy atom. The van der Waals surface area contributed by atoms with Crippen LogP contribution in [0.5, 0.6) is 11.6 Å². The number of hydrogen-bond donors (Lipinski definition) is 1. The molecule has 0 unspecified atom stereocenters. The first kappa shape index (κ1) is 13.7. The van der Waals surface area contributed by atoms with Crippen LogP contribution in [-0.2, 0) is 0 Å². The maximum Gasteiger partial charge on any atom is 0.314 e. The summed E-state index contributed by atoms with van der Waals surface area (Å²) < 4.78 is 18.3. The maximum atomic E-state index is 13.0. The Morgan fingerprint density at radius 1 is 1.40 bits per heavy atom. The average molecular weight is 278 g/mol. The van der Waals surface area contributed by atoms with E-state index in [1.807, 2.05) is 6.92 Å². The molecular formula is C12H11FN4O3. The van der Waals surface area contributed by atoms with E-state index in [-0.39, 0.29) is 11.6 Å². The zero-order valence-electron chi connectivity index (χ0n) is 10.5. The normalized spacial score (nSPS) is 10.1. The number of nitrogens with one attached hydrogen (secondary N) is 1. The zero-order chi connectivity index (χ0) is 14.5. The van der Waals surface area contributed by atoms with Crippen LogP contribution < -0.4 is 10.1 Å². The van der Waals surface area contributed by atoms with Crippen molar-refractivity contribution in [2.75, 3.05) is 11.9 Å². The highest BCUT2D eigenvalue weighted by Crippen LogP contribution is 2.31. The summed E-state index contributed by atoms with van der Waals surface area (Å²) in [6.45, 7) is 2.56. The zero-order valence-corrected chi connectivity index (χ0v) is 10.5. The highest BCUT2D eigenvalue weighted by Gasteiger charge is 2.17. The molecule has 0 aliphatic carbocycles. The van der Waals surface area contributed by atoms with Gasteiger partial charge in [-0.15, -0.1) is 0 Å². The van der Waals surface area contributed by atoms with E-state index in [1.165, 1.54) is 18.5 Å². The second kappa shape index (κ2) is 5.91. The van der Waals surface area contributed by atoms with Gasteiger partial charge in [-0.2, -0.15) is 0 Å². The molecule has 0 radical (unpaired) electrons. The van der Waals surface area contributed by atoms with E-state index < -0.39 is 16.4 Å². The molecule has 0 amide bonds. The van der Waals surface area contributed by atoms with Gasteiger partial charge in [0.2, 0.25) is 11.6 Å². The van der Waals surface area contributed by atoms with Gasteiger partial charge in [-0.05, 0) is 19.1 Å². The molecule has 0 aliphatic heterocycles. The van der Waals surface area contributed by atoms with Crippen LogP contribution in [0, 0.1) is 15.9 Å². The third kappa shape index (κ3) is 3.16. The summed E-state index contributed by atoms with van der Waals surface area (Å²) in [4.78, 5) is 17.9. The lowest BCUT2D eigenvalue weighted by atomic mass is 10.3. The van der Waals surface area contributed by atoms with Crippen LogP contribution in [-0.4, -0.2) is 21.4 Å². The number of hydrogen-bond acceptors (Lipinski definition) is 6. The van der Waals surface area contributed by atoms with Crippen molar-refractivity contribution in [2.45, 2.75) is 6.92 Å². The van der Waals surface area contributed by atoms with Crippen molar-refractivity contribution in [1.82, 2.24) is 9.97 Å². The van der Waals surface area contributed by atoms with Crippen molar-refractivity contribution >= 4 is 11.5 Å². The van der Waals surface area contributed by atoms with Gasteiger partial charge < -0.3 is 10.1 Å². The number of ether oxygens (including phenoxy) is 1. The van der Waals surface area contributed by atoms with Gasteiger partial charge in [0, 0.05) is 12.6 Å². The molecule has 0 saturated carbocycles. The molecule has 7 nitrogen and oxygen atoms in total. The Hall–Kier alpha value is -2.77. The minimum Gasteiger partial charge on any atom is -0.432 e. The lowest BCUT2D eigenvalue weighted by molar-refractivity contribution is -0.385. The van der Waals surface area contributed by atoms with E-state index in [0.29, 0.717) is 12.4 Å². The molecule has 0 fully saturated rings. The van der Waals surface area contributed by atoms with Gasteiger partial charge in [-0.25, -0.2) is 14.4 Å². The van der Waals surface area contributed by atoms with Crippen LogP contribution in [0.2, 0.25) is 0 Å². The van der Waals surface area contributed by atoms with Gasteiger partial charge in [0.15, 0.2) is 0 Å². The topological polar surface area (TPSA) is 90.2 Å². The van der Waals surface area contributed by atoms with E-state index in [0.717, 1.165) is 12.1 Å². The molecule has 1 aromatic heterocycles. The molecule has 0 aliphatic rings. The summed E-state index contributed by atoms with van der Waals surface area (Å²) in [5.41, 5.74) is -0.464. The van der Waals surface area contributed by atoms with E-state index >= 15 is 0 Å². The van der Waals surface area contributed by atoms with E-state index in [1.54, 1.807) is 0 Å². The minimum absolute atomic E-state index is 0.0856. The first-order valence-corrected chi connectivity index (χ1v) is 5.78. The first-order chi connectivity index (χ1) is 9.60. The van der Waals surface area contributed by atoms with Crippen LogP contribution in [0.4, 0.5) is 15.9 Å². The fourth-order valence-corrected chi connectivity index (χ4v) is 1.51. The van der Waals surface area contributed by atoms with Crippen LogP contribution in [0.3, 0.4) is 0 Å². The van der Waals surface area contributed by atoms with Crippen LogP contribution in [0.15, 0.2) is 30.6 Å². The highest BCUT2D eigenvalue weighted by molar-refractivity contribution is 5.48. The van der Waals surface area contributed by atoms with Gasteiger partial charge >= 0.3 is 5.69 Å². The number of nitro benzene ring substituents is 1. The van der Waals surface area contributed by atoms with E-state index in [4.69, 9.17) is 4.74 Å². The van der Waals surface area contributed by atoms with Crippen LogP contribution in [0.25, 0.3) is 0 Å². The molecule has 1 heterocycles. The SMILES string of the molecule is CCNc1cc(Oc2ccc(F)cc2[N+](=O)[O-])ncn1. The summed E-state index contributed by atoms with van der Waals surface area (Å²) >= 11 is 0. The number of anilines is 1. The van der Waals surface area contributed by atoms with Gasteiger partial charge in [0.05, 0.1) is 11.0 Å². The third-order valence-corrected chi connectivity index (χ3v) is 2.33. The highest BCUT2D eigenvalue weighted by atomic mass is 19.1. The lowest BCUT2D eigenvalue weighted by Gasteiger charge is -2.07. The molecule has 2 aromatic rings. The van der Waals surface area contributed by atoms with Gasteiger partial charge in [0.25, 0.3) is 0 Å². The molecule has 0 saturated heterocycles. The monoisotopic (exact) mass is 278 g/mol. The smallest absolute Gasteiger partial charge is 0.314 e. The predicted octanol–water partition coefficient (Wildman–Crippen LogP) is 2.75. The van der Waals surface area contributed by atoms with E-state index in [9.17, 15) is 14.5 Å². The predicted molar refractivity (Wildman–Crippen MR) is 69.3 cm³/mol. The summed E-state index contributed by atoms with van der Waals surface area (Å²) in [7, 11) is 0. The van der Waals surface area contributed by atoms with Crippen molar-refractivity contribution in [3.05, 3.63) is 46.5 Å². The fraction of sp³-hybridized carbons (Fsp3) is 0.167. The van der Waals surface area contributed by atoms with Crippen molar-refractivity contribution in [2.24, 2.45) is 0 Å². The molecule has 1 N–H and O–H groups in total. The Balaban J connectivity index is 2.30. The average Bonchev–Trinajstić information content (AvgIpc) is 2.41.